The normalized spacial score (nSPS) is 26.5. The summed E-state index contributed by atoms with van der Waals surface area (Å²) in [5.41, 5.74) is 2.43. The van der Waals surface area contributed by atoms with Crippen LogP contribution in [-0.4, -0.2) is 136 Å². The molecule has 20 heteroatoms. The van der Waals surface area contributed by atoms with Gasteiger partial charge in [-0.1, -0.05) is 10.4 Å². The van der Waals surface area contributed by atoms with Crippen molar-refractivity contribution in [3.05, 3.63) is 72.3 Å². The van der Waals surface area contributed by atoms with Gasteiger partial charge in [0.1, 0.15) is 72.7 Å². The second kappa shape index (κ2) is 17.8. The predicted molar refractivity (Wildman–Crippen MR) is 173 cm³/mol. The zero-order valence-electron chi connectivity index (χ0n) is 27.8. The number of ether oxygens (including phenoxy) is 6. The van der Waals surface area contributed by atoms with E-state index in [2.05, 4.69) is 30.9 Å². The molecule has 0 radical (unpaired) electrons. The first-order valence-corrected chi connectivity index (χ1v) is 16.4. The molecule has 0 saturated carbocycles. The third-order valence-corrected chi connectivity index (χ3v) is 8.01. The quantitative estimate of drug-likeness (QED) is 0.0783. The van der Waals surface area contributed by atoms with Crippen molar-refractivity contribution in [3.63, 3.8) is 0 Å². The van der Waals surface area contributed by atoms with Gasteiger partial charge in [0.2, 0.25) is 0 Å². The van der Waals surface area contributed by atoms with E-state index in [9.17, 15) is 30.6 Å². The second-order valence-corrected chi connectivity index (χ2v) is 12.0. The summed E-state index contributed by atoms with van der Waals surface area (Å²) in [6, 6.07) is 14.1. The van der Waals surface area contributed by atoms with Gasteiger partial charge in [-0.2, -0.15) is 10.2 Å². The number of nitrogens with zero attached hydrogens (tertiary/aromatic N) is 8. The monoisotopic (exact) mass is 728 g/mol. The molecule has 2 saturated heterocycles. The highest BCUT2D eigenvalue weighted by Crippen LogP contribution is 2.24. The van der Waals surface area contributed by atoms with Crippen LogP contribution < -0.4 is 9.47 Å². The van der Waals surface area contributed by atoms with Crippen molar-refractivity contribution in [2.24, 2.45) is 10.2 Å². The average molecular weight is 729 g/mol. The number of aromatic nitrogens is 6. The molecule has 280 valence electrons. The molecular weight excluding hydrogens is 688 g/mol. The first kappa shape index (κ1) is 37.3. The highest BCUT2D eigenvalue weighted by molar-refractivity contribution is 5.44. The van der Waals surface area contributed by atoms with Gasteiger partial charge in [-0.25, -0.2) is 9.36 Å². The van der Waals surface area contributed by atoms with Gasteiger partial charge in [0.05, 0.1) is 63.3 Å². The summed E-state index contributed by atoms with van der Waals surface area (Å²) in [7, 11) is 0. The minimum absolute atomic E-state index is 0.133. The molecule has 6 rings (SSSR count). The molecule has 2 aromatic heterocycles. The smallest absolute Gasteiger partial charge is 0.186 e. The Hall–Kier alpha value is -4.48. The van der Waals surface area contributed by atoms with E-state index in [1.165, 1.54) is 0 Å². The van der Waals surface area contributed by atoms with Gasteiger partial charge in [0.25, 0.3) is 0 Å². The highest BCUT2D eigenvalue weighted by atomic mass is 16.7. The van der Waals surface area contributed by atoms with Crippen molar-refractivity contribution in [2.75, 3.05) is 26.4 Å². The van der Waals surface area contributed by atoms with Gasteiger partial charge >= 0.3 is 0 Å². The van der Waals surface area contributed by atoms with E-state index in [-0.39, 0.29) is 39.6 Å². The van der Waals surface area contributed by atoms with Crippen molar-refractivity contribution in [2.45, 2.75) is 75.5 Å². The third kappa shape index (κ3) is 10.1. The Morgan fingerprint density at radius 2 is 1.00 bits per heavy atom. The molecule has 2 fully saturated rings. The van der Waals surface area contributed by atoms with E-state index < -0.39 is 49.2 Å². The Bertz CT molecular complexity index is 1580. The number of benzene rings is 2. The summed E-state index contributed by atoms with van der Waals surface area (Å²) >= 11 is 0. The van der Waals surface area contributed by atoms with Gasteiger partial charge in [-0.3, -0.25) is 0 Å². The summed E-state index contributed by atoms with van der Waals surface area (Å²) in [6.07, 6.45) is -6.38. The Kier molecular flexibility index (Phi) is 12.8. The second-order valence-electron chi connectivity index (χ2n) is 12.0. The van der Waals surface area contributed by atoms with Crippen LogP contribution in [0.2, 0.25) is 0 Å². The number of aliphatic hydroxyl groups excluding tert-OH is 6. The Balaban J connectivity index is 0.872. The maximum Gasteiger partial charge on any atom is 0.186 e. The van der Waals surface area contributed by atoms with Crippen molar-refractivity contribution in [1.82, 2.24) is 30.0 Å². The van der Waals surface area contributed by atoms with Gasteiger partial charge in [-0.15, -0.1) is 10.2 Å². The lowest BCUT2D eigenvalue weighted by molar-refractivity contribution is -0.270. The fourth-order valence-electron chi connectivity index (χ4n) is 5.05. The summed E-state index contributed by atoms with van der Waals surface area (Å²) in [4.78, 5) is 0. The number of hydrogen-bond acceptors (Lipinski definition) is 18. The molecule has 2 aliphatic heterocycles. The molecule has 0 spiro atoms. The maximum absolute atomic E-state index is 9.95. The van der Waals surface area contributed by atoms with E-state index in [1.54, 1.807) is 70.3 Å². The maximum atomic E-state index is 9.95. The van der Waals surface area contributed by atoms with Crippen LogP contribution >= 0.6 is 0 Å². The minimum atomic E-state index is -1.35. The van der Waals surface area contributed by atoms with Crippen LogP contribution in [0.3, 0.4) is 0 Å². The minimum Gasteiger partial charge on any atom is -0.487 e. The summed E-state index contributed by atoms with van der Waals surface area (Å²) in [5.74, 6) is 1.21. The topological polar surface area (TPSA) is 263 Å². The lowest BCUT2D eigenvalue weighted by Crippen LogP contribution is -2.53. The number of rotatable bonds is 16. The molecule has 0 aliphatic carbocycles. The average Bonchev–Trinajstić information content (AvgIpc) is 3.82. The highest BCUT2D eigenvalue weighted by Gasteiger charge is 2.39. The van der Waals surface area contributed by atoms with Gasteiger partial charge in [-0.05, 0) is 48.5 Å². The van der Waals surface area contributed by atoms with Gasteiger partial charge in [0.15, 0.2) is 12.6 Å². The summed E-state index contributed by atoms with van der Waals surface area (Å²) in [6.45, 7) is 1.02. The first-order chi connectivity index (χ1) is 25.2. The van der Waals surface area contributed by atoms with Crippen LogP contribution in [0.5, 0.6) is 11.5 Å². The van der Waals surface area contributed by atoms with Gasteiger partial charge < -0.3 is 59.1 Å². The van der Waals surface area contributed by atoms with Crippen LogP contribution in [0.1, 0.15) is 11.4 Å². The lowest BCUT2D eigenvalue weighted by atomic mass is 10.1. The predicted octanol–water partition coefficient (Wildman–Crippen LogP) is -0.646. The Morgan fingerprint density at radius 1 is 0.596 bits per heavy atom. The lowest BCUT2D eigenvalue weighted by Gasteiger charge is -2.34. The molecule has 52 heavy (non-hydrogen) atoms. The Labute approximate surface area is 296 Å². The van der Waals surface area contributed by atoms with E-state index in [4.69, 9.17) is 28.4 Å². The molecular formula is C32H40N8O12. The molecule has 8 atom stereocenters. The molecule has 2 aliphatic rings. The number of hydrogen-bond donors (Lipinski definition) is 6. The number of aliphatic hydroxyl groups is 6. The molecule has 2 aromatic carbocycles. The largest absolute Gasteiger partial charge is 0.487 e. The zero-order chi connectivity index (χ0) is 36.5. The van der Waals surface area contributed by atoms with E-state index >= 15 is 0 Å². The van der Waals surface area contributed by atoms with Crippen LogP contribution in [0, 0.1) is 0 Å². The number of azo groups is 1. The standard InChI is InChI=1S/C32H40N8O12/c41-25-17-51-31(29(45)27(25)43)47-11-9-39-13-21(35-37-39)15-49-23-5-1-19(2-6-23)33-34-20-3-7-24(8-4-20)50-16-22-14-40(38-36-22)10-12-48-32-30(46)28(44)26(42)18-52-32/h1-8,13-14,25-32,41-46H,9-12,15-18H2/t25-,26-,27-,28-,29+,30+,31+,32+/m1/s1. The first-order valence-electron chi connectivity index (χ1n) is 16.4. The molecule has 4 aromatic rings. The zero-order valence-corrected chi connectivity index (χ0v) is 27.8. The molecule has 6 N–H and O–H groups in total. The molecule has 0 amide bonds. The Morgan fingerprint density at radius 3 is 1.40 bits per heavy atom. The van der Waals surface area contributed by atoms with Gasteiger partial charge in [0, 0.05) is 0 Å². The van der Waals surface area contributed by atoms with Crippen molar-refractivity contribution in [1.29, 1.82) is 0 Å². The van der Waals surface area contributed by atoms with Crippen LogP contribution in [0.4, 0.5) is 11.4 Å². The fourth-order valence-corrected chi connectivity index (χ4v) is 5.05. The van der Waals surface area contributed by atoms with Crippen LogP contribution in [0.15, 0.2) is 71.2 Å². The SMILES string of the molecule is O[C@@H]1[C@@H](OCCn2cc(COc3ccc(N=Nc4ccc(OCc5cn(CCO[C@H]6OC[C@@H](O)[C@@H](O)[C@@H]6O)nn5)cc4)cc3)nn2)OC[C@@H](O)[C@H]1O. The van der Waals surface area contributed by atoms with E-state index in [0.717, 1.165) is 0 Å². The third-order valence-electron chi connectivity index (χ3n) is 8.01. The van der Waals surface area contributed by atoms with Crippen molar-refractivity contribution in [3.8, 4) is 11.5 Å². The fraction of sp³-hybridized carbons (Fsp3) is 0.500. The summed E-state index contributed by atoms with van der Waals surface area (Å²) in [5, 5.41) is 83.2. The summed E-state index contributed by atoms with van der Waals surface area (Å²) < 4.78 is 36.1. The van der Waals surface area contributed by atoms with E-state index in [1.807, 2.05) is 0 Å². The molecule has 20 nitrogen and oxygen atoms in total. The molecule has 4 heterocycles. The van der Waals surface area contributed by atoms with Crippen LogP contribution in [0.25, 0.3) is 0 Å². The van der Waals surface area contributed by atoms with E-state index in [0.29, 0.717) is 47.4 Å². The van der Waals surface area contributed by atoms with Crippen molar-refractivity contribution >= 4 is 11.4 Å². The molecule has 0 unspecified atom stereocenters. The molecule has 0 bridgehead atoms. The van der Waals surface area contributed by atoms with Crippen molar-refractivity contribution < 1.29 is 59.1 Å². The van der Waals surface area contributed by atoms with Crippen LogP contribution in [-0.2, 0) is 45.3 Å².